The fourth-order valence-corrected chi connectivity index (χ4v) is 10.2. The molecule has 1 heterocycles. The molecule has 87 heavy (non-hydrogen) atoms. The maximum absolute atomic E-state index is 11.2. The van der Waals surface area contributed by atoms with E-state index < -0.39 is 91.4 Å². The molecular weight excluding hydrogens is 1110 g/mol. The minimum absolute atomic E-state index is 0.00595. The molecule has 18 unspecified atom stereocenters. The second-order valence-corrected chi connectivity index (χ2v) is 23.6. The monoisotopic (exact) mass is 1220 g/mol. The van der Waals surface area contributed by atoms with E-state index >= 15 is 0 Å². The van der Waals surface area contributed by atoms with E-state index in [1.807, 2.05) is 99.8 Å². The van der Waals surface area contributed by atoms with Gasteiger partial charge in [-0.05, 0) is 89.9 Å². The normalized spacial score (nSPS) is 22.4. The van der Waals surface area contributed by atoms with Crippen molar-refractivity contribution in [1.82, 2.24) is 5.32 Å². The van der Waals surface area contributed by atoms with Crippen LogP contribution in [0.4, 0.5) is 0 Å². The van der Waals surface area contributed by atoms with E-state index in [4.69, 9.17) is 21.3 Å². The van der Waals surface area contributed by atoms with Crippen LogP contribution in [0.3, 0.4) is 0 Å². The van der Waals surface area contributed by atoms with Crippen molar-refractivity contribution in [3.8, 4) is 0 Å². The van der Waals surface area contributed by atoms with Gasteiger partial charge in [0, 0.05) is 61.7 Å². The van der Waals surface area contributed by atoms with E-state index in [0.29, 0.717) is 32.2 Å². The molecule has 1 aliphatic carbocycles. The summed E-state index contributed by atoms with van der Waals surface area (Å²) < 4.78 is 5.55. The Morgan fingerprint density at radius 3 is 1.72 bits per heavy atom. The summed E-state index contributed by atoms with van der Waals surface area (Å²) in [6, 6.07) is 0.0822. The Kier molecular flexibility index (Phi) is 41.5. The number of aliphatic carboxylic acids is 1. The van der Waals surface area contributed by atoms with Gasteiger partial charge in [0.05, 0.1) is 79.4 Å². The maximum Gasteiger partial charge on any atom is 0.331 e. The maximum atomic E-state index is 11.2. The Hall–Kier alpha value is -4.94. The molecule has 0 aromatic carbocycles. The Labute approximate surface area is 518 Å². The molecule has 0 aromatic heterocycles. The minimum Gasteiger partial charge on any atom is -0.478 e. The lowest BCUT2D eigenvalue weighted by Gasteiger charge is -2.33. The number of hydrogen-bond acceptors (Lipinski definition) is 16. The molecule has 2 aliphatic rings. The van der Waals surface area contributed by atoms with Crippen molar-refractivity contribution in [2.24, 2.45) is 34.2 Å². The van der Waals surface area contributed by atoms with Gasteiger partial charge in [-0.3, -0.25) is 4.99 Å². The summed E-state index contributed by atoms with van der Waals surface area (Å²) in [6.07, 6.45) is 37.5. The summed E-state index contributed by atoms with van der Waals surface area (Å²) >= 11 is 0. The number of allylic oxidation sites excluding steroid dienone is 16. The predicted molar refractivity (Wildman–Crippen MR) is 345 cm³/mol. The third kappa shape index (κ3) is 38.3. The molecule has 1 saturated carbocycles. The summed E-state index contributed by atoms with van der Waals surface area (Å²) in [6.45, 7) is 7.62. The van der Waals surface area contributed by atoms with Gasteiger partial charge in [-0.15, -0.1) is 0 Å². The van der Waals surface area contributed by atoms with E-state index in [9.17, 15) is 66.1 Å². The topological polar surface area (TPSA) is 369 Å². The molecule has 19 nitrogen and oxygen atoms in total. The molecule has 0 radical (unpaired) electrons. The first-order chi connectivity index (χ1) is 41.5. The number of unbranched alkanes of at least 4 members (excludes halogenated alkanes) is 1. The fraction of sp³-hybridized carbons (Fsp3) is 0.618. The zero-order valence-electron chi connectivity index (χ0n) is 51.9. The first kappa shape index (κ1) is 78.2. The number of nitrogens with two attached hydrogens (primary N) is 2. The van der Waals surface area contributed by atoms with Crippen LogP contribution in [0.2, 0.25) is 0 Å². The highest BCUT2D eigenvalue weighted by Crippen LogP contribution is 2.33. The lowest BCUT2D eigenvalue weighted by atomic mass is 9.88. The number of carboxylic acid groups (broad SMARTS) is 1. The molecule has 492 valence electrons. The van der Waals surface area contributed by atoms with Crippen LogP contribution < -0.4 is 16.8 Å². The molecule has 19 heteroatoms. The van der Waals surface area contributed by atoms with Gasteiger partial charge in [0.15, 0.2) is 5.96 Å². The van der Waals surface area contributed by atoms with Crippen molar-refractivity contribution in [2.45, 2.75) is 241 Å². The number of carboxylic acids is 1. The lowest BCUT2D eigenvalue weighted by Crippen LogP contribution is -2.46. The Morgan fingerprint density at radius 2 is 1.11 bits per heavy atom. The summed E-state index contributed by atoms with van der Waals surface area (Å²) in [7, 11) is 0. The standard InChI is InChI=1S/C68H110N4O15/c1-47(28-19-15-11-10-12-16-20-29-48(2)67(85)86)65(84)50(4)62(82)38-22-18-14-9-7-5-6-8-13-17-21-37-61(81)49(3)60(72-51-30-23-24-31-51)44-57(78)41-53(74)33-26-34-54(75)42-58(79)45-63(83)66-64(87-66)46-59(80)43-55(76)35-25-32-52(73)40-56(77)36-27-39-71-68(69)70/h5-10,12-14,16-22,25-26,28-29,33,35,38,47,49-66,72-84H,11,15,23-24,27,30-32,34,36-37,39-46H2,1-4H3,(H,85,86)(H4,69,70,71). The molecule has 18 N–H and O–H groups in total. The van der Waals surface area contributed by atoms with Crippen molar-refractivity contribution < 1.29 is 75.9 Å². The zero-order valence-corrected chi connectivity index (χ0v) is 51.9. The smallest absolute Gasteiger partial charge is 0.331 e. The minimum atomic E-state index is -1.05. The average Bonchev–Trinajstić information content (AvgIpc) is 2.98. The highest BCUT2D eigenvalue weighted by molar-refractivity contribution is 5.86. The largest absolute Gasteiger partial charge is 0.478 e. The SMILES string of the molecule is CC(=CC=CC=CCCC=CC(C)C(O)C(C)C(O)C=CC=CC=CC=CC=CC=CCC(O)C(C)C(CC(O)CC(O)C=CCC(O)CC(O)CC(O)C1OC1CC(O)CC(O)C=CCC(O)CC(O)CCCN=C(N)N)NC1CCCC1)C(=O)O. The molecule has 1 saturated heterocycles. The number of aliphatic imine (C=N–C) groups is 1. The van der Waals surface area contributed by atoms with Crippen molar-refractivity contribution >= 4 is 11.9 Å². The van der Waals surface area contributed by atoms with E-state index in [0.717, 1.165) is 38.5 Å². The van der Waals surface area contributed by atoms with E-state index in [-0.39, 0.29) is 92.7 Å². The number of guanidine groups is 1. The zero-order chi connectivity index (χ0) is 64.5. The van der Waals surface area contributed by atoms with Crippen LogP contribution in [0, 0.1) is 17.8 Å². The van der Waals surface area contributed by atoms with Gasteiger partial charge in [-0.25, -0.2) is 4.79 Å². The molecular formula is C68H110N4O15. The molecule has 0 aromatic rings. The third-order valence-corrected chi connectivity index (χ3v) is 15.6. The molecule has 2 fully saturated rings. The third-order valence-electron chi connectivity index (χ3n) is 15.6. The van der Waals surface area contributed by atoms with Crippen molar-refractivity contribution in [3.63, 3.8) is 0 Å². The van der Waals surface area contributed by atoms with E-state index in [1.54, 1.807) is 42.5 Å². The quantitative estimate of drug-likeness (QED) is 0.00653. The summed E-state index contributed by atoms with van der Waals surface area (Å²) in [5, 5.41) is 140. The number of carbonyl (C=O) groups is 1. The number of epoxide rings is 1. The van der Waals surface area contributed by atoms with Crippen LogP contribution in [0.5, 0.6) is 0 Å². The predicted octanol–water partition coefficient (Wildman–Crippen LogP) is 5.78. The van der Waals surface area contributed by atoms with Gasteiger partial charge < -0.3 is 87.9 Å². The molecule has 18 atom stereocenters. The van der Waals surface area contributed by atoms with Gasteiger partial charge in [0.25, 0.3) is 0 Å². The molecule has 2 rings (SSSR count). The van der Waals surface area contributed by atoms with Crippen LogP contribution >= 0.6 is 0 Å². The Morgan fingerprint density at radius 1 is 0.575 bits per heavy atom. The molecule has 0 amide bonds. The second kappa shape index (κ2) is 46.2. The van der Waals surface area contributed by atoms with Crippen molar-refractivity contribution in [1.29, 1.82) is 0 Å². The molecule has 1 aliphatic heterocycles. The first-order valence-corrected chi connectivity index (χ1v) is 31.3. The van der Waals surface area contributed by atoms with Gasteiger partial charge >= 0.3 is 5.97 Å². The summed E-state index contributed by atoms with van der Waals surface area (Å²) in [5.74, 6) is -1.69. The number of nitrogens with one attached hydrogen (secondary N) is 1. The second-order valence-electron chi connectivity index (χ2n) is 23.6. The van der Waals surface area contributed by atoms with Crippen molar-refractivity contribution in [3.05, 3.63) is 145 Å². The Balaban J connectivity index is 1.70. The number of aliphatic hydroxyl groups is 12. The van der Waals surface area contributed by atoms with Crippen molar-refractivity contribution in [2.75, 3.05) is 6.54 Å². The van der Waals surface area contributed by atoms with Crippen LogP contribution in [0.15, 0.2) is 150 Å². The first-order valence-electron chi connectivity index (χ1n) is 31.3. The van der Waals surface area contributed by atoms with Crippen LogP contribution in [-0.2, 0) is 9.53 Å². The van der Waals surface area contributed by atoms with Crippen LogP contribution in [0.1, 0.15) is 143 Å². The lowest BCUT2D eigenvalue weighted by molar-refractivity contribution is -0.132. The highest BCUT2D eigenvalue weighted by atomic mass is 16.6. The number of rotatable bonds is 47. The molecule has 0 spiro atoms. The number of nitrogens with zero attached hydrogens (tertiary/aromatic N) is 1. The van der Waals surface area contributed by atoms with E-state index in [2.05, 4.69) is 10.3 Å². The van der Waals surface area contributed by atoms with Crippen LogP contribution in [-0.4, -0.2) is 182 Å². The van der Waals surface area contributed by atoms with Gasteiger partial charge in [-0.1, -0.05) is 173 Å². The Bertz CT molecular complexity index is 2270. The van der Waals surface area contributed by atoms with Gasteiger partial charge in [-0.2, -0.15) is 0 Å². The summed E-state index contributed by atoms with van der Waals surface area (Å²) in [4.78, 5) is 14.7. The number of ether oxygens (including phenoxy) is 1. The number of hydrogen-bond donors (Lipinski definition) is 16. The fourth-order valence-electron chi connectivity index (χ4n) is 10.2. The van der Waals surface area contributed by atoms with Crippen LogP contribution in [0.25, 0.3) is 0 Å². The molecule has 0 bridgehead atoms. The van der Waals surface area contributed by atoms with E-state index in [1.165, 1.54) is 25.2 Å². The highest BCUT2D eigenvalue weighted by Gasteiger charge is 2.45. The van der Waals surface area contributed by atoms with Gasteiger partial charge in [0.1, 0.15) is 6.10 Å². The van der Waals surface area contributed by atoms with Gasteiger partial charge in [0.2, 0.25) is 0 Å². The summed E-state index contributed by atoms with van der Waals surface area (Å²) in [5.41, 5.74) is 10.8. The average molecular weight is 1220 g/mol. The number of aliphatic hydroxyl groups excluding tert-OH is 12.